The number of ether oxygens (including phenoxy) is 2. The highest BCUT2D eigenvalue weighted by molar-refractivity contribution is 7.47. The lowest BCUT2D eigenvalue weighted by Crippen LogP contribution is -2.34. The van der Waals surface area contributed by atoms with Crippen molar-refractivity contribution < 1.29 is 42.7 Å². The number of phosphoric acid groups is 1. The van der Waals surface area contributed by atoms with Crippen LogP contribution >= 0.6 is 7.82 Å². The Morgan fingerprint density at radius 3 is 1.31 bits per heavy atom. The zero-order valence-corrected chi connectivity index (χ0v) is 41.1. The molecule has 0 spiro atoms. The van der Waals surface area contributed by atoms with Gasteiger partial charge in [0.2, 0.25) is 0 Å². The summed E-state index contributed by atoms with van der Waals surface area (Å²) in [6, 6.07) is -1.47. The molecule has 0 aromatic heterocycles. The highest BCUT2D eigenvalue weighted by Crippen LogP contribution is 2.43. The second-order valence-corrected chi connectivity index (χ2v) is 19.1. The molecule has 0 radical (unpaired) electrons. The van der Waals surface area contributed by atoms with Gasteiger partial charge in [-0.15, -0.1) is 0 Å². The third-order valence-corrected chi connectivity index (χ3v) is 12.4. The van der Waals surface area contributed by atoms with E-state index in [-0.39, 0.29) is 13.0 Å². The van der Waals surface area contributed by atoms with E-state index in [2.05, 4.69) is 38.2 Å². The van der Waals surface area contributed by atoms with Crippen molar-refractivity contribution in [1.29, 1.82) is 0 Å². The Morgan fingerprint density at radius 2 is 0.887 bits per heavy atom. The van der Waals surface area contributed by atoms with Crippen LogP contribution in [-0.4, -0.2) is 60.5 Å². The molecule has 0 aromatic rings. The van der Waals surface area contributed by atoms with Gasteiger partial charge in [-0.3, -0.25) is 18.6 Å². The van der Waals surface area contributed by atoms with Crippen molar-refractivity contribution in [2.75, 3.05) is 26.4 Å². The van der Waals surface area contributed by atoms with Gasteiger partial charge in [-0.05, 0) is 44.9 Å². The molecule has 0 aliphatic heterocycles. The highest BCUT2D eigenvalue weighted by Gasteiger charge is 2.27. The molecule has 0 amide bonds. The van der Waals surface area contributed by atoms with Crippen LogP contribution in [0.1, 0.15) is 251 Å². The maximum Gasteiger partial charge on any atom is 0.472 e. The van der Waals surface area contributed by atoms with Gasteiger partial charge < -0.3 is 25.2 Å². The lowest BCUT2D eigenvalue weighted by molar-refractivity contribution is -0.154. The van der Waals surface area contributed by atoms with Crippen molar-refractivity contribution in [2.24, 2.45) is 5.73 Å². The number of aliphatic carboxylic acids is 1. The summed E-state index contributed by atoms with van der Waals surface area (Å²) in [5.41, 5.74) is 5.38. The van der Waals surface area contributed by atoms with E-state index in [1.54, 1.807) is 0 Å². The summed E-state index contributed by atoms with van der Waals surface area (Å²) in [7, 11) is -4.62. The number of hydrogen-bond donors (Lipinski definition) is 3. The van der Waals surface area contributed by atoms with Crippen molar-refractivity contribution in [3.05, 3.63) is 24.3 Å². The minimum absolute atomic E-state index is 0.0202. The molecule has 0 aromatic carbocycles. The second-order valence-electron chi connectivity index (χ2n) is 17.7. The summed E-state index contributed by atoms with van der Waals surface area (Å²) < 4.78 is 33.5. The van der Waals surface area contributed by atoms with E-state index in [9.17, 15) is 19.0 Å². The third-order valence-electron chi connectivity index (χ3n) is 11.5. The Balaban J connectivity index is 4.12. The van der Waals surface area contributed by atoms with Crippen molar-refractivity contribution in [3.8, 4) is 0 Å². The lowest BCUT2D eigenvalue weighted by Gasteiger charge is -2.20. The van der Waals surface area contributed by atoms with E-state index in [0.717, 1.165) is 51.4 Å². The summed E-state index contributed by atoms with van der Waals surface area (Å²) in [5, 5.41) is 8.93. The van der Waals surface area contributed by atoms with Crippen molar-refractivity contribution in [1.82, 2.24) is 0 Å². The van der Waals surface area contributed by atoms with Crippen molar-refractivity contribution in [2.45, 2.75) is 264 Å². The number of unbranched alkanes of at least 4 members (excludes halogenated alkanes) is 32. The maximum atomic E-state index is 12.7. The molecule has 10 nitrogen and oxygen atoms in total. The molecule has 0 bridgehead atoms. The van der Waals surface area contributed by atoms with Crippen LogP contribution in [0.3, 0.4) is 0 Å². The molecule has 366 valence electrons. The highest BCUT2D eigenvalue weighted by atomic mass is 31.2. The van der Waals surface area contributed by atoms with Gasteiger partial charge in [-0.1, -0.05) is 224 Å². The average molecular weight is 900 g/mol. The maximum absolute atomic E-state index is 12.7. The fourth-order valence-corrected chi connectivity index (χ4v) is 8.24. The molecular weight excluding hydrogens is 802 g/mol. The van der Waals surface area contributed by atoms with Crippen LogP contribution in [0, 0.1) is 0 Å². The molecule has 62 heavy (non-hydrogen) atoms. The standard InChI is InChI=1S/C51H98NO9P/c1-3-5-7-9-11-13-15-17-19-21-23-24-25-27-29-31-33-35-37-39-41-43-50(53)61-48(46-59-62(56,57)60-47-49(52)51(54)55)45-58-44-42-40-38-36-34-32-30-28-26-22-20-18-16-14-12-10-8-6-4-2/h15,17,21,23,48-49H,3-14,16,18-20,22,24-47,52H2,1-2H3,(H,54,55)(H,56,57)/b17-15-,23-21-. The van der Waals surface area contributed by atoms with Gasteiger partial charge in [0.05, 0.1) is 19.8 Å². The number of carbonyl (C=O) groups is 2. The van der Waals surface area contributed by atoms with Gasteiger partial charge in [-0.25, -0.2) is 4.57 Å². The fraction of sp³-hybridized carbons (Fsp3) is 0.882. The van der Waals surface area contributed by atoms with E-state index >= 15 is 0 Å². The number of rotatable bonds is 50. The smallest absolute Gasteiger partial charge is 0.472 e. The summed E-state index contributed by atoms with van der Waals surface area (Å²) >= 11 is 0. The first kappa shape index (κ1) is 60.5. The summed E-state index contributed by atoms with van der Waals surface area (Å²) in [4.78, 5) is 33.7. The molecule has 4 N–H and O–H groups in total. The van der Waals surface area contributed by atoms with Gasteiger partial charge in [0.15, 0.2) is 0 Å². The number of carboxylic acids is 1. The Bertz CT molecular complexity index is 1090. The Hall–Kier alpha value is -1.55. The largest absolute Gasteiger partial charge is 0.480 e. The number of carbonyl (C=O) groups excluding carboxylic acids is 1. The van der Waals surface area contributed by atoms with Gasteiger partial charge in [0, 0.05) is 13.0 Å². The Morgan fingerprint density at radius 1 is 0.516 bits per heavy atom. The summed E-state index contributed by atoms with van der Waals surface area (Å²) in [5.74, 6) is -1.77. The Labute approximate surface area is 381 Å². The van der Waals surface area contributed by atoms with Crippen LogP contribution in [0.5, 0.6) is 0 Å². The van der Waals surface area contributed by atoms with E-state index in [1.165, 1.54) is 173 Å². The topological polar surface area (TPSA) is 155 Å². The SMILES string of the molecule is CCCCCCC/C=C\C/C=C\CCCCCCCCCCCC(=O)OC(COCCCCCCCCCCCCCCCCCCCCC)COP(=O)(O)OCC(N)C(=O)O. The predicted molar refractivity (Wildman–Crippen MR) is 258 cm³/mol. The van der Waals surface area contributed by atoms with E-state index in [0.29, 0.717) is 13.0 Å². The van der Waals surface area contributed by atoms with Crippen LogP contribution in [0.2, 0.25) is 0 Å². The van der Waals surface area contributed by atoms with Gasteiger partial charge in [-0.2, -0.15) is 0 Å². The van der Waals surface area contributed by atoms with Gasteiger partial charge in [0.1, 0.15) is 12.1 Å². The number of hydrogen-bond acceptors (Lipinski definition) is 8. The van der Waals surface area contributed by atoms with Crippen LogP contribution in [0.15, 0.2) is 24.3 Å². The molecule has 11 heteroatoms. The zero-order valence-electron chi connectivity index (χ0n) is 40.2. The first-order chi connectivity index (χ1) is 30.2. The van der Waals surface area contributed by atoms with Crippen LogP contribution in [0.25, 0.3) is 0 Å². The quantitative estimate of drug-likeness (QED) is 0.0233. The van der Waals surface area contributed by atoms with Crippen LogP contribution in [0.4, 0.5) is 0 Å². The molecule has 0 aliphatic carbocycles. The number of phosphoric ester groups is 1. The van der Waals surface area contributed by atoms with Gasteiger partial charge in [0.25, 0.3) is 0 Å². The van der Waals surface area contributed by atoms with Crippen LogP contribution in [-0.2, 0) is 32.7 Å². The molecule has 0 rings (SSSR count). The Kier molecular flexibility index (Phi) is 46.2. The zero-order chi connectivity index (χ0) is 45.5. The summed E-state index contributed by atoms with van der Waals surface area (Å²) in [6.07, 6.45) is 53.7. The summed E-state index contributed by atoms with van der Waals surface area (Å²) in [6.45, 7) is 3.92. The molecule has 0 aliphatic rings. The first-order valence-corrected chi connectivity index (χ1v) is 27.4. The number of carboxylic acid groups (broad SMARTS) is 1. The van der Waals surface area contributed by atoms with E-state index in [4.69, 9.17) is 29.4 Å². The van der Waals surface area contributed by atoms with Gasteiger partial charge >= 0.3 is 19.8 Å². The van der Waals surface area contributed by atoms with E-state index < -0.39 is 45.1 Å². The minimum atomic E-state index is -4.62. The van der Waals surface area contributed by atoms with E-state index in [1.807, 2.05) is 0 Å². The third kappa shape index (κ3) is 46.4. The molecule has 0 saturated heterocycles. The first-order valence-electron chi connectivity index (χ1n) is 25.9. The number of esters is 1. The fourth-order valence-electron chi connectivity index (χ4n) is 7.46. The molecule has 0 saturated carbocycles. The number of allylic oxidation sites excluding steroid dienone is 4. The molecule has 0 heterocycles. The second kappa shape index (κ2) is 47.4. The lowest BCUT2D eigenvalue weighted by atomic mass is 10.0. The molecule has 3 atom stereocenters. The minimum Gasteiger partial charge on any atom is -0.480 e. The normalized spacial score (nSPS) is 13.9. The average Bonchev–Trinajstić information content (AvgIpc) is 3.25. The van der Waals surface area contributed by atoms with Crippen LogP contribution < -0.4 is 5.73 Å². The molecule has 0 fully saturated rings. The predicted octanol–water partition coefficient (Wildman–Crippen LogP) is 15.0. The molecular formula is C51H98NO9P. The van der Waals surface area contributed by atoms with Crippen molar-refractivity contribution >= 4 is 19.8 Å². The number of nitrogens with two attached hydrogens (primary N) is 1. The molecule has 3 unspecified atom stereocenters. The monoisotopic (exact) mass is 900 g/mol. The van der Waals surface area contributed by atoms with Crippen molar-refractivity contribution in [3.63, 3.8) is 0 Å².